The zero-order chi connectivity index (χ0) is 18.1. The Hall–Kier alpha value is -3.73. The predicted octanol–water partition coefficient (Wildman–Crippen LogP) is 3.17. The van der Waals surface area contributed by atoms with Crippen LogP contribution in [0.4, 0.5) is 5.69 Å². The van der Waals surface area contributed by atoms with E-state index in [9.17, 15) is 14.4 Å². The molecule has 0 fully saturated rings. The molecule has 2 aliphatic rings. The molecule has 0 saturated heterocycles. The number of carbonyl (C=O) groups excluding carboxylic acids is 2. The van der Waals surface area contributed by atoms with Crippen molar-refractivity contribution < 1.29 is 9.59 Å². The lowest BCUT2D eigenvalue weighted by Gasteiger charge is -2.10. The summed E-state index contributed by atoms with van der Waals surface area (Å²) < 4.78 is 0. The molecule has 4 rings (SSSR count). The van der Waals surface area contributed by atoms with Crippen molar-refractivity contribution in [1.82, 2.24) is 10.3 Å². The molecule has 2 aromatic carbocycles. The molecule has 5 heteroatoms. The first-order valence-corrected chi connectivity index (χ1v) is 7.95. The van der Waals surface area contributed by atoms with Crippen LogP contribution < -0.4 is 10.7 Å². The fourth-order valence-corrected chi connectivity index (χ4v) is 2.89. The Kier molecular flexibility index (Phi) is 3.82. The van der Waals surface area contributed by atoms with Gasteiger partial charge in [0.15, 0.2) is 0 Å². The Morgan fingerprint density at radius 3 is 2.58 bits per heavy atom. The highest BCUT2D eigenvalue weighted by molar-refractivity contribution is 6.03. The van der Waals surface area contributed by atoms with E-state index in [2.05, 4.69) is 10.3 Å². The van der Waals surface area contributed by atoms with Gasteiger partial charge in [-0.15, -0.1) is 0 Å². The fraction of sp³-hybridized carbons (Fsp3) is 0. The quantitative estimate of drug-likeness (QED) is 0.582. The summed E-state index contributed by atoms with van der Waals surface area (Å²) in [4.78, 5) is 39.3. The molecule has 0 atom stereocenters. The van der Waals surface area contributed by atoms with Crippen molar-refractivity contribution in [2.45, 2.75) is 0 Å². The zero-order valence-electron chi connectivity index (χ0n) is 13.5. The molecule has 26 heavy (non-hydrogen) atoms. The lowest BCUT2D eigenvalue weighted by atomic mass is 10.0. The summed E-state index contributed by atoms with van der Waals surface area (Å²) in [7, 11) is 0. The third kappa shape index (κ3) is 2.65. The third-order valence-electron chi connectivity index (χ3n) is 4.19. The molecular weight excluding hydrogens is 328 g/mol. The van der Waals surface area contributed by atoms with Crippen molar-refractivity contribution in [3.8, 4) is 11.3 Å². The summed E-state index contributed by atoms with van der Waals surface area (Å²) in [5.74, 6) is -0.648. The van der Waals surface area contributed by atoms with E-state index in [1.807, 2.05) is 24.3 Å². The number of aromatic nitrogens is 1. The maximum atomic E-state index is 12.8. The third-order valence-corrected chi connectivity index (χ3v) is 4.19. The lowest BCUT2D eigenvalue weighted by Crippen LogP contribution is -2.20. The number of carbonyl (C=O) groups is 1. The number of nitrogens with one attached hydrogen (secondary N) is 1. The van der Waals surface area contributed by atoms with Crippen LogP contribution in [0, 0.1) is 0 Å². The lowest BCUT2D eigenvalue weighted by molar-refractivity contribution is 0.0968. The summed E-state index contributed by atoms with van der Waals surface area (Å²) >= 11 is 0. The topological polar surface area (TPSA) is 81.1 Å². The molecule has 0 aromatic heterocycles. The minimum Gasteiger partial charge on any atom is -0.354 e. The van der Waals surface area contributed by atoms with E-state index < -0.39 is 5.91 Å². The first-order valence-electron chi connectivity index (χ1n) is 7.95. The van der Waals surface area contributed by atoms with Gasteiger partial charge in [0.1, 0.15) is 5.69 Å². The number of aromatic amines is 1. The van der Waals surface area contributed by atoms with Crippen molar-refractivity contribution in [3.05, 3.63) is 88.1 Å². The molecule has 0 unspecified atom stereocenters. The maximum Gasteiger partial charge on any atom is 0.278 e. The summed E-state index contributed by atoms with van der Waals surface area (Å²) in [5.41, 5.74) is 1.96. The number of hydrogen-bond acceptors (Lipinski definition) is 3. The number of pyridine rings is 1. The van der Waals surface area contributed by atoms with Gasteiger partial charge in [0.2, 0.25) is 11.7 Å². The zero-order valence-corrected chi connectivity index (χ0v) is 13.5. The fourth-order valence-electron chi connectivity index (χ4n) is 2.89. The molecule has 124 valence electrons. The van der Waals surface area contributed by atoms with Crippen molar-refractivity contribution in [2.75, 3.05) is 0 Å². The molecule has 1 N–H and O–H groups in total. The maximum absolute atomic E-state index is 12.8. The number of nitrogens with zero attached hydrogens (tertiary/aromatic N) is 1. The van der Waals surface area contributed by atoms with Crippen LogP contribution in [0.2, 0.25) is 0 Å². The summed E-state index contributed by atoms with van der Waals surface area (Å²) in [5, 5.41) is 4.81. The minimum atomic E-state index is -0.648. The van der Waals surface area contributed by atoms with Gasteiger partial charge in [-0.3, -0.25) is 14.4 Å². The van der Waals surface area contributed by atoms with E-state index in [-0.39, 0.29) is 22.2 Å². The molecular formula is C21H12N2O3. The second-order valence-corrected chi connectivity index (χ2v) is 5.80. The largest absolute Gasteiger partial charge is 0.354 e. The van der Waals surface area contributed by atoms with Crippen LogP contribution in [0.1, 0.15) is 15.9 Å². The number of amides is 1. The van der Waals surface area contributed by atoms with Crippen LogP contribution >= 0.6 is 0 Å². The smallest absolute Gasteiger partial charge is 0.278 e. The number of fused-ring (bicyclic) bond motifs is 2. The second kappa shape index (κ2) is 6.29. The Morgan fingerprint density at radius 2 is 1.73 bits per heavy atom. The molecule has 1 heterocycles. The summed E-state index contributed by atoms with van der Waals surface area (Å²) in [6, 6.07) is 18.8. The molecule has 5 nitrogen and oxygen atoms in total. The van der Waals surface area contributed by atoms with Crippen LogP contribution in [-0.2, 0) is 4.79 Å². The van der Waals surface area contributed by atoms with Crippen molar-refractivity contribution in [3.63, 3.8) is 0 Å². The van der Waals surface area contributed by atoms with E-state index in [0.717, 1.165) is 10.9 Å². The highest BCUT2D eigenvalue weighted by atomic mass is 16.2. The van der Waals surface area contributed by atoms with Crippen molar-refractivity contribution in [1.29, 1.82) is 0 Å². The monoisotopic (exact) mass is 340 g/mol. The van der Waals surface area contributed by atoms with Gasteiger partial charge in [-0.1, -0.05) is 36.4 Å². The first-order chi connectivity index (χ1) is 12.7. The van der Waals surface area contributed by atoms with Crippen LogP contribution in [0.15, 0.2) is 71.5 Å². The summed E-state index contributed by atoms with van der Waals surface area (Å²) in [6.45, 7) is 0. The van der Waals surface area contributed by atoms with Gasteiger partial charge >= 0.3 is 0 Å². The Morgan fingerprint density at radius 1 is 0.962 bits per heavy atom. The minimum absolute atomic E-state index is 0.0342. The van der Waals surface area contributed by atoms with Gasteiger partial charge in [-0.05, 0) is 35.7 Å². The van der Waals surface area contributed by atoms with Gasteiger partial charge < -0.3 is 4.98 Å². The Labute approximate surface area is 148 Å². The van der Waals surface area contributed by atoms with Crippen LogP contribution in [-0.4, -0.2) is 17.2 Å². The van der Waals surface area contributed by atoms with Gasteiger partial charge in [0.05, 0.1) is 5.56 Å². The Bertz CT molecular complexity index is 1180. The van der Waals surface area contributed by atoms with E-state index in [1.165, 1.54) is 18.2 Å². The number of rotatable bonds is 3. The van der Waals surface area contributed by atoms with Crippen LogP contribution in [0.25, 0.3) is 22.2 Å². The molecule has 2 radical (unpaired) electrons. The van der Waals surface area contributed by atoms with Crippen LogP contribution in [0.3, 0.4) is 0 Å². The van der Waals surface area contributed by atoms with Gasteiger partial charge in [-0.2, -0.15) is 0 Å². The highest BCUT2D eigenvalue weighted by Gasteiger charge is 2.17. The summed E-state index contributed by atoms with van der Waals surface area (Å²) in [6.07, 6.45) is 1.71. The van der Waals surface area contributed by atoms with Gasteiger partial charge in [-0.25, -0.2) is 5.32 Å². The predicted molar refractivity (Wildman–Crippen MR) is 98.6 cm³/mol. The van der Waals surface area contributed by atoms with E-state index in [1.54, 1.807) is 30.6 Å². The average Bonchev–Trinajstić information content (AvgIpc) is 2.69. The van der Waals surface area contributed by atoms with Crippen molar-refractivity contribution in [2.24, 2.45) is 0 Å². The van der Waals surface area contributed by atoms with Crippen molar-refractivity contribution >= 4 is 28.8 Å². The second-order valence-electron chi connectivity index (χ2n) is 5.80. The SMILES string of the molecule is O=[C]c1ccccc1C(=O)[N]c1ccc2[nH]c3ccccc3cc-2c1=O. The van der Waals surface area contributed by atoms with E-state index in [0.29, 0.717) is 11.3 Å². The number of H-pyrrole nitrogens is 1. The molecule has 2 aromatic rings. The molecule has 0 saturated carbocycles. The molecule has 0 spiro atoms. The molecule has 0 bridgehead atoms. The standard InChI is InChI=1S/C21H12N2O3/c24-12-14-6-1-3-7-15(14)21(26)23-19-10-9-18-16(20(19)25)11-13-5-2-4-8-17(13)22-18/h1-11,22H. The molecule has 1 aliphatic carbocycles. The van der Waals surface area contributed by atoms with Gasteiger partial charge in [0.25, 0.3) is 5.91 Å². The number of benzene rings is 3. The molecule has 1 aliphatic heterocycles. The van der Waals surface area contributed by atoms with Crippen LogP contribution in [0.5, 0.6) is 0 Å². The van der Waals surface area contributed by atoms with E-state index in [4.69, 9.17) is 0 Å². The first kappa shape index (κ1) is 15.8. The van der Waals surface area contributed by atoms with E-state index >= 15 is 0 Å². The number of hydrogen-bond donors (Lipinski definition) is 1. The Balaban J connectivity index is 1.78. The highest BCUT2D eigenvalue weighted by Crippen LogP contribution is 2.24. The normalized spacial score (nSPS) is 10.8. The molecule has 1 amide bonds. The van der Waals surface area contributed by atoms with Gasteiger partial charge in [0, 0.05) is 22.3 Å². The average molecular weight is 340 g/mol. The number of para-hydroxylation sites is 1.